The van der Waals surface area contributed by atoms with Crippen LogP contribution < -0.4 is 11.2 Å². The van der Waals surface area contributed by atoms with Crippen LogP contribution in [0.5, 0.6) is 0 Å². The molecule has 1 aromatic heterocycles. The fourth-order valence-corrected chi connectivity index (χ4v) is 0.977. The van der Waals surface area contributed by atoms with Crippen molar-refractivity contribution in [2.75, 3.05) is 0 Å². The number of hydrogen-bond acceptors (Lipinski definition) is 3. The largest absolute Gasteiger partial charge is 0.328 e. The molecule has 1 aromatic rings. The molecular formula is C8H8FN3O2. The van der Waals surface area contributed by atoms with E-state index in [1.807, 2.05) is 11.1 Å². The Balaban J connectivity index is 2.89. The van der Waals surface area contributed by atoms with Crippen molar-refractivity contribution in [1.29, 1.82) is 5.26 Å². The van der Waals surface area contributed by atoms with Crippen molar-refractivity contribution in [3.8, 4) is 6.07 Å². The standard InChI is InChI=1S/C8H8FN3O2/c9-6-5-12(4-2-1-3-10)8(14)11-7(6)13/h5H,1-2,4H2,(H,11,13,14). The number of aromatic amines is 1. The van der Waals surface area contributed by atoms with Gasteiger partial charge < -0.3 is 0 Å². The lowest BCUT2D eigenvalue weighted by atomic mass is 10.3. The second kappa shape index (κ2) is 4.37. The minimum Gasteiger partial charge on any atom is -0.298 e. The van der Waals surface area contributed by atoms with Gasteiger partial charge in [0.25, 0.3) is 5.56 Å². The highest BCUT2D eigenvalue weighted by atomic mass is 19.1. The van der Waals surface area contributed by atoms with Crippen molar-refractivity contribution in [2.24, 2.45) is 0 Å². The molecule has 1 heterocycles. The molecule has 0 aliphatic heterocycles. The molecule has 0 spiro atoms. The topological polar surface area (TPSA) is 78.7 Å². The summed E-state index contributed by atoms with van der Waals surface area (Å²) in [6.07, 6.45) is 1.58. The molecule has 0 radical (unpaired) electrons. The Hall–Kier alpha value is -1.90. The van der Waals surface area contributed by atoms with Crippen molar-refractivity contribution in [3.05, 3.63) is 32.9 Å². The molecular weight excluding hydrogens is 189 g/mol. The second-order valence-corrected chi connectivity index (χ2v) is 2.69. The highest BCUT2D eigenvalue weighted by Gasteiger charge is 2.02. The number of nitrogens with one attached hydrogen (secondary N) is 1. The zero-order valence-electron chi connectivity index (χ0n) is 7.29. The van der Waals surface area contributed by atoms with Gasteiger partial charge in [-0.25, -0.2) is 4.79 Å². The minimum absolute atomic E-state index is 0.222. The van der Waals surface area contributed by atoms with E-state index < -0.39 is 17.1 Å². The molecule has 6 heteroatoms. The van der Waals surface area contributed by atoms with Gasteiger partial charge in [-0.3, -0.25) is 14.3 Å². The third-order valence-corrected chi connectivity index (χ3v) is 1.66. The zero-order valence-corrected chi connectivity index (χ0v) is 7.29. The molecule has 1 N–H and O–H groups in total. The molecule has 14 heavy (non-hydrogen) atoms. The van der Waals surface area contributed by atoms with Crippen molar-refractivity contribution in [1.82, 2.24) is 9.55 Å². The van der Waals surface area contributed by atoms with Crippen LogP contribution in [0.4, 0.5) is 4.39 Å². The van der Waals surface area contributed by atoms with Gasteiger partial charge in [0.05, 0.1) is 12.3 Å². The summed E-state index contributed by atoms with van der Waals surface area (Å²) in [5.41, 5.74) is -1.68. The van der Waals surface area contributed by atoms with Gasteiger partial charge in [-0.2, -0.15) is 9.65 Å². The lowest BCUT2D eigenvalue weighted by Gasteiger charge is -2.01. The highest BCUT2D eigenvalue weighted by Crippen LogP contribution is 1.91. The predicted molar refractivity (Wildman–Crippen MR) is 46.1 cm³/mol. The number of unbranched alkanes of at least 4 members (excludes halogenated alkanes) is 1. The number of rotatable bonds is 3. The maximum absolute atomic E-state index is 12.7. The molecule has 1 rings (SSSR count). The molecule has 5 nitrogen and oxygen atoms in total. The zero-order chi connectivity index (χ0) is 10.6. The molecule has 0 atom stereocenters. The van der Waals surface area contributed by atoms with E-state index in [4.69, 9.17) is 5.26 Å². The fourth-order valence-electron chi connectivity index (χ4n) is 0.977. The van der Waals surface area contributed by atoms with Gasteiger partial charge in [0.15, 0.2) is 0 Å². The molecule has 0 saturated heterocycles. The number of aryl methyl sites for hydroxylation is 1. The summed E-state index contributed by atoms with van der Waals surface area (Å²) in [5, 5.41) is 8.24. The van der Waals surface area contributed by atoms with Crippen LogP contribution in [0.2, 0.25) is 0 Å². The highest BCUT2D eigenvalue weighted by molar-refractivity contribution is 4.87. The molecule has 74 valence electrons. The van der Waals surface area contributed by atoms with Crippen LogP contribution in [0.25, 0.3) is 0 Å². The number of nitriles is 1. The van der Waals surface area contributed by atoms with Gasteiger partial charge in [0.1, 0.15) is 0 Å². The van der Waals surface area contributed by atoms with Crippen LogP contribution >= 0.6 is 0 Å². The average Bonchev–Trinajstić information content (AvgIpc) is 2.14. The maximum Gasteiger partial charge on any atom is 0.328 e. The van der Waals surface area contributed by atoms with Crippen LogP contribution in [0.3, 0.4) is 0 Å². The summed E-state index contributed by atoms with van der Waals surface area (Å²) < 4.78 is 13.7. The maximum atomic E-state index is 12.7. The van der Waals surface area contributed by atoms with Gasteiger partial charge in [0.2, 0.25) is 5.82 Å². The third kappa shape index (κ3) is 2.29. The number of hydrogen-bond donors (Lipinski definition) is 1. The van der Waals surface area contributed by atoms with Crippen molar-refractivity contribution in [2.45, 2.75) is 19.4 Å². The fraction of sp³-hybridized carbons (Fsp3) is 0.375. The Labute approximate surface area is 78.4 Å². The molecule has 0 fully saturated rings. The monoisotopic (exact) mass is 197 g/mol. The quantitative estimate of drug-likeness (QED) is 0.691. The third-order valence-electron chi connectivity index (χ3n) is 1.66. The SMILES string of the molecule is N#CCCCn1cc(F)c(=O)[nH]c1=O. The van der Waals surface area contributed by atoms with Gasteiger partial charge in [-0.05, 0) is 6.42 Å². The molecule has 0 bridgehead atoms. The molecule has 0 amide bonds. The molecule has 0 saturated carbocycles. The average molecular weight is 197 g/mol. The van der Waals surface area contributed by atoms with Crippen LogP contribution in [0.1, 0.15) is 12.8 Å². The van der Waals surface area contributed by atoms with Crippen molar-refractivity contribution < 1.29 is 4.39 Å². The van der Waals surface area contributed by atoms with Gasteiger partial charge in [-0.15, -0.1) is 0 Å². The first-order valence-electron chi connectivity index (χ1n) is 4.01. The van der Waals surface area contributed by atoms with Crippen molar-refractivity contribution >= 4 is 0 Å². The Morgan fingerprint density at radius 1 is 1.57 bits per heavy atom. The summed E-state index contributed by atoms with van der Waals surface area (Å²) >= 11 is 0. The molecule has 0 unspecified atom stereocenters. The number of halogens is 1. The molecule has 0 aromatic carbocycles. The van der Waals surface area contributed by atoms with E-state index in [9.17, 15) is 14.0 Å². The van der Waals surface area contributed by atoms with E-state index in [-0.39, 0.29) is 13.0 Å². The van der Waals surface area contributed by atoms with E-state index >= 15 is 0 Å². The molecule has 0 aliphatic carbocycles. The van der Waals surface area contributed by atoms with E-state index in [1.165, 1.54) is 0 Å². The van der Waals surface area contributed by atoms with Crippen LogP contribution in [0.15, 0.2) is 15.8 Å². The van der Waals surface area contributed by atoms with Crippen LogP contribution in [0, 0.1) is 17.1 Å². The Morgan fingerprint density at radius 3 is 2.93 bits per heavy atom. The summed E-state index contributed by atoms with van der Waals surface area (Å²) in [4.78, 5) is 23.5. The Bertz CT molecular complexity index is 469. The Kier molecular flexibility index (Phi) is 3.18. The second-order valence-electron chi connectivity index (χ2n) is 2.69. The first-order chi connectivity index (χ1) is 6.65. The summed E-state index contributed by atoms with van der Waals surface area (Å²) in [5.74, 6) is -0.999. The van der Waals surface area contributed by atoms with Gasteiger partial charge in [0, 0.05) is 13.0 Å². The first kappa shape index (κ1) is 10.2. The predicted octanol–water partition coefficient (Wildman–Crippen LogP) is -0.0205. The summed E-state index contributed by atoms with van der Waals surface area (Å²) in [6.45, 7) is 0.222. The van der Waals surface area contributed by atoms with E-state index in [0.717, 1.165) is 10.8 Å². The van der Waals surface area contributed by atoms with E-state index in [1.54, 1.807) is 0 Å². The normalized spacial score (nSPS) is 9.71. The molecule has 0 aliphatic rings. The first-order valence-corrected chi connectivity index (χ1v) is 4.01. The van der Waals surface area contributed by atoms with Crippen LogP contribution in [-0.2, 0) is 6.54 Å². The number of aromatic nitrogens is 2. The van der Waals surface area contributed by atoms with Gasteiger partial charge in [-0.1, -0.05) is 0 Å². The van der Waals surface area contributed by atoms with Gasteiger partial charge >= 0.3 is 5.69 Å². The lowest BCUT2D eigenvalue weighted by molar-refractivity contribution is 0.540. The lowest BCUT2D eigenvalue weighted by Crippen LogP contribution is -2.31. The van der Waals surface area contributed by atoms with E-state index in [2.05, 4.69) is 0 Å². The van der Waals surface area contributed by atoms with Crippen molar-refractivity contribution in [3.63, 3.8) is 0 Å². The minimum atomic E-state index is -1.02. The number of nitrogens with zero attached hydrogens (tertiary/aromatic N) is 2. The number of H-pyrrole nitrogens is 1. The summed E-state index contributed by atoms with van der Waals surface area (Å²) in [7, 11) is 0. The summed E-state index contributed by atoms with van der Waals surface area (Å²) in [6, 6.07) is 1.90. The van der Waals surface area contributed by atoms with E-state index in [0.29, 0.717) is 6.42 Å². The smallest absolute Gasteiger partial charge is 0.298 e. The van der Waals surface area contributed by atoms with Crippen LogP contribution in [-0.4, -0.2) is 9.55 Å². The Morgan fingerprint density at radius 2 is 2.29 bits per heavy atom.